The summed E-state index contributed by atoms with van der Waals surface area (Å²) >= 11 is 0. The van der Waals surface area contributed by atoms with Crippen LogP contribution in [0.2, 0.25) is 0 Å². The monoisotopic (exact) mass is 207 g/mol. The first-order valence-corrected chi connectivity index (χ1v) is 6.43. The molecule has 1 unspecified atom stereocenters. The first kappa shape index (κ1) is 10.9. The van der Waals surface area contributed by atoms with E-state index in [-0.39, 0.29) is 11.8 Å². The van der Waals surface area contributed by atoms with Crippen molar-refractivity contribution in [2.24, 2.45) is 0 Å². The van der Waals surface area contributed by atoms with E-state index >= 15 is 0 Å². The average Bonchev–Trinajstić information content (AvgIpc) is 1.99. The number of sulfone groups is 1. The van der Waals surface area contributed by atoms with Crippen LogP contribution in [0.4, 0.5) is 0 Å². The van der Waals surface area contributed by atoms with Crippen molar-refractivity contribution in [3.63, 3.8) is 0 Å². The Kier molecular flexibility index (Phi) is 3.70. The van der Waals surface area contributed by atoms with Gasteiger partial charge in [-0.05, 0) is 19.8 Å². The van der Waals surface area contributed by atoms with E-state index in [1.54, 1.807) is 6.92 Å². The van der Waals surface area contributed by atoms with Gasteiger partial charge in [-0.1, -0.05) is 0 Å². The number of aliphatic hydroxyl groups excluding tert-OH is 1. The Morgan fingerprint density at radius 1 is 1.62 bits per heavy atom. The van der Waals surface area contributed by atoms with Crippen LogP contribution in [0.15, 0.2) is 0 Å². The minimum atomic E-state index is -2.82. The molecule has 1 fully saturated rings. The topological polar surface area (TPSA) is 66.4 Å². The molecule has 0 aromatic carbocycles. The fourth-order valence-electron chi connectivity index (χ4n) is 1.52. The van der Waals surface area contributed by atoms with E-state index in [1.165, 1.54) is 0 Å². The van der Waals surface area contributed by atoms with E-state index in [2.05, 4.69) is 5.32 Å². The molecule has 0 aromatic rings. The molecule has 13 heavy (non-hydrogen) atoms. The van der Waals surface area contributed by atoms with Gasteiger partial charge in [0.2, 0.25) is 0 Å². The van der Waals surface area contributed by atoms with Crippen molar-refractivity contribution >= 4 is 9.84 Å². The van der Waals surface area contributed by atoms with Gasteiger partial charge in [0.05, 0.1) is 17.6 Å². The van der Waals surface area contributed by atoms with Gasteiger partial charge in [-0.3, -0.25) is 0 Å². The lowest BCUT2D eigenvalue weighted by molar-refractivity contribution is 0.186. The summed E-state index contributed by atoms with van der Waals surface area (Å²) in [6.45, 7) is 2.16. The van der Waals surface area contributed by atoms with Crippen molar-refractivity contribution in [1.29, 1.82) is 0 Å². The summed E-state index contributed by atoms with van der Waals surface area (Å²) in [6.07, 6.45) is 1.22. The first-order chi connectivity index (χ1) is 5.99. The molecule has 0 spiro atoms. The number of nitrogens with one attached hydrogen (secondary N) is 1. The van der Waals surface area contributed by atoms with Crippen LogP contribution < -0.4 is 5.32 Å². The van der Waals surface area contributed by atoms with Gasteiger partial charge in [0.25, 0.3) is 0 Å². The van der Waals surface area contributed by atoms with E-state index in [4.69, 9.17) is 5.11 Å². The summed E-state index contributed by atoms with van der Waals surface area (Å²) in [5.41, 5.74) is 0. The highest BCUT2D eigenvalue weighted by molar-refractivity contribution is 7.91. The molecule has 0 aliphatic carbocycles. The molecule has 78 valence electrons. The Bertz CT molecular complexity index is 248. The van der Waals surface area contributed by atoms with Crippen molar-refractivity contribution in [1.82, 2.24) is 5.32 Å². The number of rotatable bonds is 3. The highest BCUT2D eigenvalue weighted by atomic mass is 32.2. The molecule has 1 aliphatic rings. The van der Waals surface area contributed by atoms with E-state index in [1.807, 2.05) is 0 Å². The zero-order chi connectivity index (χ0) is 9.90. The van der Waals surface area contributed by atoms with E-state index < -0.39 is 15.9 Å². The second kappa shape index (κ2) is 4.39. The van der Waals surface area contributed by atoms with Crippen LogP contribution in [0.3, 0.4) is 0 Å². The maximum Gasteiger partial charge on any atom is 0.151 e. The lowest BCUT2D eigenvalue weighted by atomic mass is 10.2. The molecule has 2 atom stereocenters. The summed E-state index contributed by atoms with van der Waals surface area (Å²) < 4.78 is 22.4. The molecule has 1 rings (SSSR count). The minimum absolute atomic E-state index is 0.0355. The van der Waals surface area contributed by atoms with Crippen LogP contribution in [-0.2, 0) is 9.84 Å². The maximum absolute atomic E-state index is 11.2. The van der Waals surface area contributed by atoms with Gasteiger partial charge in [-0.25, -0.2) is 8.42 Å². The molecule has 0 radical (unpaired) electrons. The zero-order valence-electron chi connectivity index (χ0n) is 7.86. The molecule has 0 amide bonds. The van der Waals surface area contributed by atoms with Gasteiger partial charge < -0.3 is 10.4 Å². The molecular weight excluding hydrogens is 190 g/mol. The third-order valence-electron chi connectivity index (χ3n) is 2.16. The standard InChI is InChI=1S/C8H17NO3S/c1-7(10)5-9-8-3-2-4-13(11,12)6-8/h7-10H,2-6H2,1H3/t7-,8?/m1/s1. The fraction of sp³-hybridized carbons (Fsp3) is 1.00. The molecule has 4 nitrogen and oxygen atoms in total. The van der Waals surface area contributed by atoms with Crippen molar-refractivity contribution in [2.45, 2.75) is 31.9 Å². The molecule has 2 N–H and O–H groups in total. The van der Waals surface area contributed by atoms with Crippen LogP contribution >= 0.6 is 0 Å². The van der Waals surface area contributed by atoms with Gasteiger partial charge in [-0.15, -0.1) is 0 Å². The van der Waals surface area contributed by atoms with Crippen LogP contribution in [0.1, 0.15) is 19.8 Å². The second-order valence-corrected chi connectivity index (χ2v) is 5.94. The lowest BCUT2D eigenvalue weighted by Gasteiger charge is -2.23. The Morgan fingerprint density at radius 2 is 2.31 bits per heavy atom. The van der Waals surface area contributed by atoms with E-state index in [0.29, 0.717) is 12.3 Å². The van der Waals surface area contributed by atoms with Crippen molar-refractivity contribution in [3.8, 4) is 0 Å². The maximum atomic E-state index is 11.2. The third-order valence-corrected chi connectivity index (χ3v) is 3.99. The summed E-state index contributed by atoms with van der Waals surface area (Å²) in [4.78, 5) is 0. The average molecular weight is 207 g/mol. The Balaban J connectivity index is 2.35. The molecule has 0 saturated carbocycles. The highest BCUT2D eigenvalue weighted by Crippen LogP contribution is 2.11. The predicted molar refractivity (Wildman–Crippen MR) is 51.4 cm³/mol. The molecule has 1 aliphatic heterocycles. The van der Waals surface area contributed by atoms with Crippen molar-refractivity contribution in [2.75, 3.05) is 18.1 Å². The summed E-state index contributed by atoms with van der Waals surface area (Å²) in [6, 6.07) is 0.0355. The van der Waals surface area contributed by atoms with Crippen molar-refractivity contribution in [3.05, 3.63) is 0 Å². The van der Waals surface area contributed by atoms with Gasteiger partial charge in [-0.2, -0.15) is 0 Å². The molecular formula is C8H17NO3S. The third kappa shape index (κ3) is 4.06. The van der Waals surface area contributed by atoms with Gasteiger partial charge >= 0.3 is 0 Å². The molecule has 0 aromatic heterocycles. The van der Waals surface area contributed by atoms with Gasteiger partial charge in [0, 0.05) is 12.6 Å². The smallest absolute Gasteiger partial charge is 0.151 e. The quantitative estimate of drug-likeness (QED) is 0.657. The number of hydrogen-bond donors (Lipinski definition) is 2. The fourth-order valence-corrected chi connectivity index (χ4v) is 3.19. The first-order valence-electron chi connectivity index (χ1n) is 4.61. The number of hydrogen-bond acceptors (Lipinski definition) is 4. The highest BCUT2D eigenvalue weighted by Gasteiger charge is 2.24. The van der Waals surface area contributed by atoms with Crippen LogP contribution in [0.5, 0.6) is 0 Å². The summed E-state index contributed by atoms with van der Waals surface area (Å²) in [7, 11) is -2.82. The van der Waals surface area contributed by atoms with Gasteiger partial charge in [0.15, 0.2) is 9.84 Å². The van der Waals surface area contributed by atoms with Crippen LogP contribution in [-0.4, -0.2) is 43.7 Å². The Labute approximate surface area is 79.3 Å². The van der Waals surface area contributed by atoms with Crippen LogP contribution in [0.25, 0.3) is 0 Å². The largest absolute Gasteiger partial charge is 0.392 e. The number of aliphatic hydroxyl groups is 1. The summed E-state index contributed by atoms with van der Waals surface area (Å²) in [5, 5.41) is 12.0. The molecule has 1 heterocycles. The Hall–Kier alpha value is -0.130. The van der Waals surface area contributed by atoms with Crippen LogP contribution in [0, 0.1) is 0 Å². The zero-order valence-corrected chi connectivity index (χ0v) is 8.68. The minimum Gasteiger partial charge on any atom is -0.392 e. The second-order valence-electron chi connectivity index (χ2n) is 3.71. The molecule has 5 heteroatoms. The Morgan fingerprint density at radius 3 is 2.85 bits per heavy atom. The molecule has 0 bridgehead atoms. The van der Waals surface area contributed by atoms with E-state index in [9.17, 15) is 8.42 Å². The predicted octanol–water partition coefficient (Wildman–Crippen LogP) is -0.466. The normalized spacial score (nSPS) is 29.8. The van der Waals surface area contributed by atoms with Gasteiger partial charge in [0.1, 0.15) is 0 Å². The van der Waals surface area contributed by atoms with Crippen molar-refractivity contribution < 1.29 is 13.5 Å². The molecule has 1 saturated heterocycles. The van der Waals surface area contributed by atoms with E-state index in [0.717, 1.165) is 12.8 Å². The lowest BCUT2D eigenvalue weighted by Crippen LogP contribution is -2.42. The summed E-state index contributed by atoms with van der Waals surface area (Å²) in [5.74, 6) is 0.541. The SMILES string of the molecule is C[C@@H](O)CNC1CCCS(=O)(=O)C1.